The minimum atomic E-state index is -0.210. The SMILES string of the molecule is CC(NC(=O)CC(C)n1cccn1)c1cc2cc(Cl)ccc2o1. The molecule has 0 saturated carbocycles. The van der Waals surface area contributed by atoms with Crippen molar-refractivity contribution in [1.82, 2.24) is 15.1 Å². The van der Waals surface area contributed by atoms with Crippen LogP contribution in [-0.2, 0) is 4.79 Å². The number of amides is 1. The Bertz CT molecular complexity index is 810. The molecule has 1 amide bonds. The van der Waals surface area contributed by atoms with E-state index in [0.29, 0.717) is 17.2 Å². The van der Waals surface area contributed by atoms with Gasteiger partial charge in [0.2, 0.25) is 5.91 Å². The van der Waals surface area contributed by atoms with E-state index in [1.54, 1.807) is 16.9 Å². The number of hydrogen-bond donors (Lipinski definition) is 1. The van der Waals surface area contributed by atoms with Crippen LogP contribution in [0.5, 0.6) is 0 Å². The first kappa shape index (κ1) is 15.6. The zero-order chi connectivity index (χ0) is 16.4. The normalized spacial score (nSPS) is 13.9. The van der Waals surface area contributed by atoms with Crippen LogP contribution in [-0.4, -0.2) is 15.7 Å². The third-order valence-electron chi connectivity index (χ3n) is 3.76. The maximum absolute atomic E-state index is 12.2. The summed E-state index contributed by atoms with van der Waals surface area (Å²) in [4.78, 5) is 12.2. The zero-order valence-corrected chi connectivity index (χ0v) is 13.7. The van der Waals surface area contributed by atoms with Crippen molar-refractivity contribution in [3.63, 3.8) is 0 Å². The molecule has 2 aromatic heterocycles. The predicted octanol–water partition coefficient (Wildman–Crippen LogP) is 4.11. The summed E-state index contributed by atoms with van der Waals surface area (Å²) in [6.07, 6.45) is 3.92. The minimum absolute atomic E-state index is 0.00619. The Morgan fingerprint density at radius 2 is 2.22 bits per heavy atom. The quantitative estimate of drug-likeness (QED) is 0.765. The molecule has 120 valence electrons. The lowest BCUT2D eigenvalue weighted by Crippen LogP contribution is -2.28. The number of halogens is 1. The average molecular weight is 332 g/mol. The summed E-state index contributed by atoms with van der Waals surface area (Å²) in [6, 6.07) is 9.00. The van der Waals surface area contributed by atoms with Crippen LogP contribution in [0, 0.1) is 0 Å². The van der Waals surface area contributed by atoms with Crippen LogP contribution in [0.2, 0.25) is 5.02 Å². The van der Waals surface area contributed by atoms with Crippen LogP contribution < -0.4 is 5.32 Å². The smallest absolute Gasteiger partial charge is 0.222 e. The third-order valence-corrected chi connectivity index (χ3v) is 3.99. The summed E-state index contributed by atoms with van der Waals surface area (Å²) in [5.74, 6) is 0.668. The Balaban J connectivity index is 1.65. The predicted molar refractivity (Wildman–Crippen MR) is 89.3 cm³/mol. The van der Waals surface area contributed by atoms with E-state index < -0.39 is 0 Å². The molecule has 0 saturated heterocycles. The molecule has 23 heavy (non-hydrogen) atoms. The molecule has 0 fully saturated rings. The van der Waals surface area contributed by atoms with Crippen LogP contribution in [0.25, 0.3) is 11.0 Å². The second-order valence-corrected chi connectivity index (χ2v) is 6.10. The molecule has 0 bridgehead atoms. The van der Waals surface area contributed by atoms with Gasteiger partial charge in [-0.3, -0.25) is 9.48 Å². The average Bonchev–Trinajstić information content (AvgIpc) is 3.15. The number of aromatic nitrogens is 2. The first-order valence-corrected chi connectivity index (χ1v) is 7.88. The monoisotopic (exact) mass is 331 g/mol. The number of furan rings is 1. The summed E-state index contributed by atoms with van der Waals surface area (Å²) in [6.45, 7) is 3.86. The van der Waals surface area contributed by atoms with Gasteiger partial charge in [0.25, 0.3) is 0 Å². The number of nitrogens with one attached hydrogen (secondary N) is 1. The molecule has 0 radical (unpaired) electrons. The number of benzene rings is 1. The Morgan fingerprint density at radius 3 is 2.96 bits per heavy atom. The van der Waals surface area contributed by atoms with Crippen molar-refractivity contribution in [2.75, 3.05) is 0 Å². The number of carbonyl (C=O) groups excluding carboxylic acids is 1. The second-order valence-electron chi connectivity index (χ2n) is 5.66. The van der Waals surface area contributed by atoms with Gasteiger partial charge in [0.05, 0.1) is 12.1 Å². The number of hydrogen-bond acceptors (Lipinski definition) is 3. The molecule has 1 aromatic carbocycles. The van der Waals surface area contributed by atoms with Crippen molar-refractivity contribution in [3.8, 4) is 0 Å². The number of rotatable bonds is 5. The zero-order valence-electron chi connectivity index (χ0n) is 13.0. The maximum atomic E-state index is 12.2. The summed E-state index contributed by atoms with van der Waals surface area (Å²) in [7, 11) is 0. The molecule has 2 atom stereocenters. The van der Waals surface area contributed by atoms with Crippen molar-refractivity contribution in [2.24, 2.45) is 0 Å². The van der Waals surface area contributed by atoms with Crippen LogP contribution in [0.4, 0.5) is 0 Å². The molecule has 0 aliphatic carbocycles. The largest absolute Gasteiger partial charge is 0.459 e. The lowest BCUT2D eigenvalue weighted by molar-refractivity contribution is -0.122. The van der Waals surface area contributed by atoms with E-state index >= 15 is 0 Å². The molecule has 0 aliphatic rings. The summed E-state index contributed by atoms with van der Waals surface area (Å²) < 4.78 is 7.54. The molecule has 2 heterocycles. The van der Waals surface area contributed by atoms with E-state index in [0.717, 1.165) is 11.0 Å². The third kappa shape index (κ3) is 3.56. The van der Waals surface area contributed by atoms with Crippen molar-refractivity contribution in [3.05, 3.63) is 53.5 Å². The fourth-order valence-electron chi connectivity index (χ4n) is 2.52. The highest BCUT2D eigenvalue weighted by molar-refractivity contribution is 6.31. The van der Waals surface area contributed by atoms with E-state index in [2.05, 4.69) is 10.4 Å². The highest BCUT2D eigenvalue weighted by Gasteiger charge is 2.17. The van der Waals surface area contributed by atoms with E-state index in [4.69, 9.17) is 16.0 Å². The highest BCUT2D eigenvalue weighted by Crippen LogP contribution is 2.26. The molecule has 0 aliphatic heterocycles. The van der Waals surface area contributed by atoms with E-state index in [-0.39, 0.29) is 18.0 Å². The topological polar surface area (TPSA) is 60.1 Å². The van der Waals surface area contributed by atoms with Crippen LogP contribution in [0.15, 0.2) is 47.1 Å². The molecule has 5 nitrogen and oxygen atoms in total. The van der Waals surface area contributed by atoms with Gasteiger partial charge in [0, 0.05) is 29.2 Å². The first-order chi connectivity index (χ1) is 11.0. The number of carbonyl (C=O) groups is 1. The number of nitrogens with zero attached hydrogens (tertiary/aromatic N) is 2. The van der Waals surface area contributed by atoms with Gasteiger partial charge in [0.15, 0.2) is 0 Å². The van der Waals surface area contributed by atoms with Gasteiger partial charge in [-0.25, -0.2) is 0 Å². The molecular weight excluding hydrogens is 314 g/mol. The summed E-state index contributed by atoms with van der Waals surface area (Å²) >= 11 is 5.98. The van der Waals surface area contributed by atoms with Gasteiger partial charge in [-0.05, 0) is 44.2 Å². The molecule has 3 aromatic rings. The van der Waals surface area contributed by atoms with Gasteiger partial charge >= 0.3 is 0 Å². The van der Waals surface area contributed by atoms with E-state index in [1.807, 2.05) is 44.3 Å². The van der Waals surface area contributed by atoms with Crippen LogP contribution in [0.3, 0.4) is 0 Å². The highest BCUT2D eigenvalue weighted by atomic mass is 35.5. The Labute approximate surface area is 139 Å². The fourth-order valence-corrected chi connectivity index (χ4v) is 2.70. The standard InChI is InChI=1S/C17H18ClN3O2/c1-11(21-7-3-6-19-21)8-17(22)20-12(2)16-10-13-9-14(18)4-5-15(13)23-16/h3-7,9-12H,8H2,1-2H3,(H,20,22). The van der Waals surface area contributed by atoms with Crippen LogP contribution in [0.1, 0.15) is 38.1 Å². The van der Waals surface area contributed by atoms with Gasteiger partial charge in [-0.2, -0.15) is 5.10 Å². The van der Waals surface area contributed by atoms with Crippen molar-refractivity contribution in [2.45, 2.75) is 32.4 Å². The lowest BCUT2D eigenvalue weighted by Gasteiger charge is -2.15. The Morgan fingerprint density at radius 1 is 1.39 bits per heavy atom. The lowest BCUT2D eigenvalue weighted by atomic mass is 10.2. The van der Waals surface area contributed by atoms with Gasteiger partial charge in [0.1, 0.15) is 11.3 Å². The first-order valence-electron chi connectivity index (χ1n) is 7.50. The Kier molecular flexibility index (Phi) is 4.39. The van der Waals surface area contributed by atoms with E-state index in [9.17, 15) is 4.79 Å². The van der Waals surface area contributed by atoms with Crippen molar-refractivity contribution in [1.29, 1.82) is 0 Å². The molecule has 0 spiro atoms. The minimum Gasteiger partial charge on any atom is -0.459 e. The van der Waals surface area contributed by atoms with Crippen LogP contribution >= 0.6 is 11.6 Å². The second kappa shape index (κ2) is 6.46. The molecule has 1 N–H and O–H groups in total. The summed E-state index contributed by atoms with van der Waals surface area (Å²) in [5, 5.41) is 8.70. The maximum Gasteiger partial charge on any atom is 0.222 e. The molecule has 2 unspecified atom stereocenters. The molecule has 3 rings (SSSR count). The van der Waals surface area contributed by atoms with Gasteiger partial charge in [-0.15, -0.1) is 0 Å². The Hall–Kier alpha value is -2.27. The van der Waals surface area contributed by atoms with Gasteiger partial charge < -0.3 is 9.73 Å². The molecule has 6 heteroatoms. The molecular formula is C17H18ClN3O2. The van der Waals surface area contributed by atoms with E-state index in [1.165, 1.54) is 0 Å². The van der Waals surface area contributed by atoms with Crippen molar-refractivity contribution < 1.29 is 9.21 Å². The van der Waals surface area contributed by atoms with Gasteiger partial charge in [-0.1, -0.05) is 11.6 Å². The summed E-state index contributed by atoms with van der Waals surface area (Å²) in [5.41, 5.74) is 0.760. The van der Waals surface area contributed by atoms with Crippen molar-refractivity contribution >= 4 is 28.5 Å². The number of fused-ring (bicyclic) bond motifs is 1. The fraction of sp³-hybridized carbons (Fsp3) is 0.294.